The second kappa shape index (κ2) is 15.6. The molecule has 2 nitrogen and oxygen atoms in total. The summed E-state index contributed by atoms with van der Waals surface area (Å²) in [7, 11) is 0. The van der Waals surface area contributed by atoms with Crippen LogP contribution >= 0.6 is 0 Å². The number of unbranched alkanes of at least 4 members (excludes halogenated alkanes) is 8. The molecule has 0 bridgehead atoms. The third kappa shape index (κ3) is 8.80. The van der Waals surface area contributed by atoms with Gasteiger partial charge >= 0.3 is 0 Å². The average molecular weight is 388 g/mol. The maximum absolute atomic E-state index is 5.54. The molecule has 1 aromatic carbocycles. The SMILES string of the molecule is CCCCC(CCCC)c1ccc(C)c2ocnc12.CCCCCCCCC. The Morgan fingerprint density at radius 3 is 1.82 bits per heavy atom. The van der Waals surface area contributed by atoms with Crippen LogP contribution in [-0.2, 0) is 0 Å². The molecule has 0 saturated heterocycles. The lowest BCUT2D eigenvalue weighted by Crippen LogP contribution is -2.01. The summed E-state index contributed by atoms with van der Waals surface area (Å²) in [6.07, 6.45) is 19.2. The molecule has 0 aliphatic rings. The van der Waals surface area contributed by atoms with Crippen LogP contribution in [0.4, 0.5) is 0 Å². The van der Waals surface area contributed by atoms with Crippen molar-refractivity contribution >= 4 is 11.1 Å². The minimum atomic E-state index is 0.632. The Morgan fingerprint density at radius 1 is 0.750 bits per heavy atom. The number of oxazole rings is 1. The zero-order valence-corrected chi connectivity index (χ0v) is 19.4. The van der Waals surface area contributed by atoms with Crippen molar-refractivity contribution in [1.29, 1.82) is 0 Å². The summed E-state index contributed by atoms with van der Waals surface area (Å²) in [5, 5.41) is 0. The Morgan fingerprint density at radius 2 is 1.29 bits per heavy atom. The van der Waals surface area contributed by atoms with Gasteiger partial charge in [-0.2, -0.15) is 0 Å². The standard InChI is InChI=1S/C17H25NO.C9H20/c1-4-6-8-14(9-7-5-2)15-11-10-13(3)17-16(15)18-12-19-17;1-3-5-7-9-8-6-4-2/h10-12,14H,4-9H2,1-3H3;3-9H2,1-2H3. The van der Waals surface area contributed by atoms with E-state index in [0.717, 1.165) is 11.1 Å². The van der Waals surface area contributed by atoms with Crippen LogP contribution in [-0.4, -0.2) is 4.98 Å². The van der Waals surface area contributed by atoms with E-state index in [2.05, 4.69) is 51.7 Å². The van der Waals surface area contributed by atoms with Crippen LogP contribution in [0.15, 0.2) is 22.9 Å². The molecule has 160 valence electrons. The first-order chi connectivity index (χ1) is 13.7. The minimum Gasteiger partial charge on any atom is -0.443 e. The summed E-state index contributed by atoms with van der Waals surface area (Å²) < 4.78 is 5.54. The van der Waals surface area contributed by atoms with Crippen LogP contribution in [0.1, 0.15) is 128 Å². The Bertz CT molecular complexity index is 602. The normalized spacial score (nSPS) is 11.1. The van der Waals surface area contributed by atoms with E-state index in [1.807, 2.05) is 0 Å². The van der Waals surface area contributed by atoms with Crippen LogP contribution in [0.25, 0.3) is 11.1 Å². The smallest absolute Gasteiger partial charge is 0.182 e. The van der Waals surface area contributed by atoms with Crippen LogP contribution in [0, 0.1) is 6.92 Å². The number of benzene rings is 1. The summed E-state index contributed by atoms with van der Waals surface area (Å²) in [6, 6.07) is 4.43. The number of nitrogens with zero attached hydrogens (tertiary/aromatic N) is 1. The average Bonchev–Trinajstić information content (AvgIpc) is 3.20. The highest BCUT2D eigenvalue weighted by atomic mass is 16.3. The van der Waals surface area contributed by atoms with Gasteiger partial charge in [-0.1, -0.05) is 110 Å². The first kappa shape index (κ1) is 24.7. The van der Waals surface area contributed by atoms with E-state index in [-0.39, 0.29) is 0 Å². The lowest BCUT2D eigenvalue weighted by atomic mass is 9.88. The van der Waals surface area contributed by atoms with Crippen molar-refractivity contribution in [1.82, 2.24) is 4.98 Å². The van der Waals surface area contributed by atoms with Crippen LogP contribution in [0.2, 0.25) is 0 Å². The number of hydrogen-bond donors (Lipinski definition) is 0. The van der Waals surface area contributed by atoms with E-state index in [0.29, 0.717) is 5.92 Å². The van der Waals surface area contributed by atoms with Gasteiger partial charge in [-0.15, -0.1) is 0 Å². The Kier molecular flexibility index (Phi) is 13.8. The maximum Gasteiger partial charge on any atom is 0.182 e. The van der Waals surface area contributed by atoms with Crippen molar-refractivity contribution in [2.45, 2.75) is 124 Å². The Hall–Kier alpha value is -1.31. The van der Waals surface area contributed by atoms with Gasteiger partial charge in [0, 0.05) is 0 Å². The van der Waals surface area contributed by atoms with Crippen LogP contribution in [0.3, 0.4) is 0 Å². The first-order valence-electron chi connectivity index (χ1n) is 12.0. The van der Waals surface area contributed by atoms with Gasteiger partial charge in [0.15, 0.2) is 12.0 Å². The molecule has 1 aromatic heterocycles. The fourth-order valence-electron chi connectivity index (χ4n) is 3.82. The molecule has 0 spiro atoms. The summed E-state index contributed by atoms with van der Waals surface area (Å²) >= 11 is 0. The largest absolute Gasteiger partial charge is 0.443 e. The molecular weight excluding hydrogens is 342 g/mol. The number of aromatic nitrogens is 1. The van der Waals surface area contributed by atoms with Crippen molar-refractivity contribution in [3.8, 4) is 0 Å². The highest BCUT2D eigenvalue weighted by Gasteiger charge is 2.17. The van der Waals surface area contributed by atoms with E-state index in [1.165, 1.54) is 94.6 Å². The van der Waals surface area contributed by atoms with Crippen molar-refractivity contribution in [3.63, 3.8) is 0 Å². The maximum atomic E-state index is 5.54. The molecule has 0 N–H and O–H groups in total. The van der Waals surface area contributed by atoms with Crippen molar-refractivity contribution < 1.29 is 4.42 Å². The fourth-order valence-corrected chi connectivity index (χ4v) is 3.82. The second-order valence-electron chi connectivity index (χ2n) is 8.25. The van der Waals surface area contributed by atoms with Crippen molar-refractivity contribution in [2.75, 3.05) is 0 Å². The molecule has 1 heterocycles. The summed E-state index contributed by atoms with van der Waals surface area (Å²) in [6.45, 7) is 11.1. The number of rotatable bonds is 13. The molecule has 0 fully saturated rings. The number of fused-ring (bicyclic) bond motifs is 1. The van der Waals surface area contributed by atoms with Gasteiger partial charge in [0.25, 0.3) is 0 Å². The molecule has 2 rings (SSSR count). The predicted molar refractivity (Wildman–Crippen MR) is 124 cm³/mol. The van der Waals surface area contributed by atoms with E-state index in [4.69, 9.17) is 4.42 Å². The lowest BCUT2D eigenvalue weighted by molar-refractivity contribution is 0.527. The summed E-state index contributed by atoms with van der Waals surface area (Å²) in [4.78, 5) is 4.45. The van der Waals surface area contributed by atoms with Crippen LogP contribution < -0.4 is 0 Å². The molecule has 0 amide bonds. The van der Waals surface area contributed by atoms with Crippen molar-refractivity contribution in [2.24, 2.45) is 0 Å². The van der Waals surface area contributed by atoms with Gasteiger partial charge in [-0.3, -0.25) is 0 Å². The van der Waals surface area contributed by atoms with E-state index in [1.54, 1.807) is 6.39 Å². The Labute approximate surface area is 174 Å². The second-order valence-corrected chi connectivity index (χ2v) is 8.25. The topological polar surface area (TPSA) is 26.0 Å². The predicted octanol–water partition coefficient (Wildman–Crippen LogP) is 9.36. The van der Waals surface area contributed by atoms with Gasteiger partial charge in [0.1, 0.15) is 5.52 Å². The van der Waals surface area contributed by atoms with E-state index < -0.39 is 0 Å². The summed E-state index contributed by atoms with van der Waals surface area (Å²) in [5.41, 5.74) is 4.62. The molecule has 2 heteroatoms. The van der Waals surface area contributed by atoms with Gasteiger partial charge in [-0.05, 0) is 36.8 Å². The number of aryl methyl sites for hydroxylation is 1. The van der Waals surface area contributed by atoms with Gasteiger partial charge in [0.2, 0.25) is 0 Å². The van der Waals surface area contributed by atoms with Gasteiger partial charge in [-0.25, -0.2) is 4.98 Å². The Balaban J connectivity index is 0.000000370. The molecule has 0 radical (unpaired) electrons. The van der Waals surface area contributed by atoms with E-state index in [9.17, 15) is 0 Å². The highest BCUT2D eigenvalue weighted by Crippen LogP contribution is 2.33. The molecule has 0 atom stereocenters. The first-order valence-corrected chi connectivity index (χ1v) is 12.0. The highest BCUT2D eigenvalue weighted by molar-refractivity contribution is 5.80. The molecule has 0 aliphatic carbocycles. The van der Waals surface area contributed by atoms with Gasteiger partial charge in [0.05, 0.1) is 0 Å². The molecule has 0 aliphatic heterocycles. The number of hydrogen-bond acceptors (Lipinski definition) is 2. The molecular formula is C26H45NO. The third-order valence-corrected chi connectivity index (χ3v) is 5.67. The van der Waals surface area contributed by atoms with Crippen LogP contribution in [0.5, 0.6) is 0 Å². The third-order valence-electron chi connectivity index (χ3n) is 5.67. The monoisotopic (exact) mass is 387 g/mol. The quantitative estimate of drug-likeness (QED) is 0.320. The molecule has 28 heavy (non-hydrogen) atoms. The van der Waals surface area contributed by atoms with Crippen molar-refractivity contribution in [3.05, 3.63) is 29.7 Å². The van der Waals surface area contributed by atoms with E-state index >= 15 is 0 Å². The fraction of sp³-hybridized carbons (Fsp3) is 0.731. The van der Waals surface area contributed by atoms with Gasteiger partial charge < -0.3 is 4.42 Å². The molecule has 0 unspecified atom stereocenters. The summed E-state index contributed by atoms with van der Waals surface area (Å²) in [5.74, 6) is 0.632. The zero-order chi connectivity index (χ0) is 20.6. The molecule has 2 aromatic rings. The zero-order valence-electron chi connectivity index (χ0n) is 19.4. The molecule has 0 saturated carbocycles. The minimum absolute atomic E-state index is 0.632. The lowest BCUT2D eigenvalue weighted by Gasteiger charge is -2.17.